The van der Waals surface area contributed by atoms with Gasteiger partial charge in [-0.1, -0.05) is 34.6 Å². The van der Waals surface area contributed by atoms with Gasteiger partial charge in [-0.25, -0.2) is 0 Å². The average molecular weight is 217 g/mol. The first-order valence-corrected chi connectivity index (χ1v) is 6.55. The normalized spacial score (nSPS) is 18.0. The van der Waals surface area contributed by atoms with E-state index in [0.29, 0.717) is 5.41 Å². The first-order valence-electron chi connectivity index (χ1n) is 6.55. The van der Waals surface area contributed by atoms with Crippen molar-refractivity contribution in [2.24, 2.45) is 5.41 Å². The quantitative estimate of drug-likeness (QED) is 0.781. The highest BCUT2D eigenvalue weighted by molar-refractivity contribution is 4.81. The number of nitrogens with one attached hydrogen (secondary N) is 1. The molecule has 94 valence electrons. The van der Waals surface area contributed by atoms with Gasteiger partial charge in [0.25, 0.3) is 0 Å². The molecule has 0 radical (unpaired) electrons. The average Bonchev–Trinajstić information content (AvgIpc) is 2.36. The van der Waals surface area contributed by atoms with Crippen LogP contribution in [0, 0.1) is 5.41 Å². The maximum Gasteiger partial charge on any atom is 0.0471 e. The van der Waals surface area contributed by atoms with E-state index in [4.69, 9.17) is 4.74 Å². The SMILES string of the molecule is CC.CC.CCC1(CNC)CCOCC1. The number of rotatable bonds is 3. The van der Waals surface area contributed by atoms with Crippen molar-refractivity contribution in [1.82, 2.24) is 5.32 Å². The van der Waals surface area contributed by atoms with Gasteiger partial charge in [0.05, 0.1) is 0 Å². The van der Waals surface area contributed by atoms with Crippen LogP contribution in [0.1, 0.15) is 53.9 Å². The Balaban J connectivity index is 0. The Morgan fingerprint density at radius 3 is 1.87 bits per heavy atom. The zero-order chi connectivity index (χ0) is 12.2. The molecule has 0 bridgehead atoms. The molecule has 0 unspecified atom stereocenters. The summed E-state index contributed by atoms with van der Waals surface area (Å²) in [6.45, 7) is 13.3. The lowest BCUT2D eigenvalue weighted by Crippen LogP contribution is -2.37. The molecule has 0 aromatic rings. The van der Waals surface area contributed by atoms with E-state index in [0.717, 1.165) is 19.8 Å². The molecule has 0 saturated carbocycles. The summed E-state index contributed by atoms with van der Waals surface area (Å²) in [5.41, 5.74) is 0.535. The summed E-state index contributed by atoms with van der Waals surface area (Å²) in [6.07, 6.45) is 3.73. The maximum atomic E-state index is 5.35. The van der Waals surface area contributed by atoms with Crippen molar-refractivity contribution in [3.05, 3.63) is 0 Å². The molecule has 0 spiro atoms. The summed E-state index contributed by atoms with van der Waals surface area (Å²) in [6, 6.07) is 0. The minimum atomic E-state index is 0.535. The molecule has 1 rings (SSSR count). The summed E-state index contributed by atoms with van der Waals surface area (Å²) >= 11 is 0. The summed E-state index contributed by atoms with van der Waals surface area (Å²) in [5.74, 6) is 0. The van der Waals surface area contributed by atoms with E-state index in [9.17, 15) is 0 Å². The molecule has 0 aromatic heterocycles. The standard InChI is InChI=1S/C9H19NO.2C2H6/c1-3-9(8-10-2)4-6-11-7-5-9;2*1-2/h10H,3-8H2,1-2H3;2*1-2H3. The largest absolute Gasteiger partial charge is 0.381 e. The Kier molecular flexibility index (Phi) is 13.8. The Bertz CT molecular complexity index is 104. The van der Waals surface area contributed by atoms with E-state index < -0.39 is 0 Å². The molecule has 0 aliphatic carbocycles. The number of hydrogen-bond acceptors (Lipinski definition) is 2. The van der Waals surface area contributed by atoms with Crippen molar-refractivity contribution in [3.63, 3.8) is 0 Å². The lowest BCUT2D eigenvalue weighted by molar-refractivity contribution is 0.0138. The summed E-state index contributed by atoms with van der Waals surface area (Å²) in [4.78, 5) is 0. The van der Waals surface area contributed by atoms with Gasteiger partial charge in [0.2, 0.25) is 0 Å². The molecule has 0 aromatic carbocycles. The smallest absolute Gasteiger partial charge is 0.0471 e. The Morgan fingerprint density at radius 1 is 1.07 bits per heavy atom. The van der Waals surface area contributed by atoms with Gasteiger partial charge in [-0.3, -0.25) is 0 Å². The van der Waals surface area contributed by atoms with Gasteiger partial charge in [0, 0.05) is 19.8 Å². The summed E-state index contributed by atoms with van der Waals surface area (Å²) in [7, 11) is 2.03. The summed E-state index contributed by atoms with van der Waals surface area (Å²) in [5, 5.41) is 3.27. The lowest BCUT2D eigenvalue weighted by atomic mass is 9.78. The third-order valence-electron chi connectivity index (χ3n) is 2.86. The molecule has 0 amide bonds. The van der Waals surface area contributed by atoms with Crippen LogP contribution in [0.4, 0.5) is 0 Å². The van der Waals surface area contributed by atoms with Gasteiger partial charge in [-0.15, -0.1) is 0 Å². The van der Waals surface area contributed by atoms with E-state index >= 15 is 0 Å². The fraction of sp³-hybridized carbons (Fsp3) is 1.00. The van der Waals surface area contributed by atoms with E-state index in [1.54, 1.807) is 0 Å². The topological polar surface area (TPSA) is 21.3 Å². The van der Waals surface area contributed by atoms with Gasteiger partial charge in [-0.2, -0.15) is 0 Å². The fourth-order valence-corrected chi connectivity index (χ4v) is 1.83. The second-order valence-corrected chi connectivity index (χ2v) is 3.50. The Hall–Kier alpha value is -0.0800. The molecular weight excluding hydrogens is 186 g/mol. The minimum Gasteiger partial charge on any atom is -0.381 e. The molecule has 2 heteroatoms. The van der Waals surface area contributed by atoms with Gasteiger partial charge in [0.15, 0.2) is 0 Å². The highest BCUT2D eigenvalue weighted by Gasteiger charge is 2.29. The highest BCUT2D eigenvalue weighted by atomic mass is 16.5. The van der Waals surface area contributed by atoms with Gasteiger partial charge in [-0.05, 0) is 31.7 Å². The molecule has 1 heterocycles. The van der Waals surface area contributed by atoms with Crippen LogP contribution in [-0.2, 0) is 4.74 Å². The predicted octanol–water partition coefficient (Wildman–Crippen LogP) is 3.47. The zero-order valence-electron chi connectivity index (χ0n) is 11.7. The van der Waals surface area contributed by atoms with E-state index in [-0.39, 0.29) is 0 Å². The van der Waals surface area contributed by atoms with Crippen molar-refractivity contribution >= 4 is 0 Å². The first kappa shape index (κ1) is 17.3. The monoisotopic (exact) mass is 217 g/mol. The van der Waals surface area contributed by atoms with Crippen molar-refractivity contribution in [2.75, 3.05) is 26.8 Å². The second-order valence-electron chi connectivity index (χ2n) is 3.50. The van der Waals surface area contributed by atoms with Crippen molar-refractivity contribution in [2.45, 2.75) is 53.9 Å². The molecule has 1 aliphatic heterocycles. The van der Waals surface area contributed by atoms with Crippen LogP contribution in [0.3, 0.4) is 0 Å². The van der Waals surface area contributed by atoms with Crippen LogP contribution in [0.5, 0.6) is 0 Å². The van der Waals surface area contributed by atoms with Crippen molar-refractivity contribution < 1.29 is 4.74 Å². The predicted molar refractivity (Wildman–Crippen MR) is 69.4 cm³/mol. The fourth-order valence-electron chi connectivity index (χ4n) is 1.83. The van der Waals surface area contributed by atoms with Crippen LogP contribution in [0.2, 0.25) is 0 Å². The molecule has 1 fully saturated rings. The van der Waals surface area contributed by atoms with E-state index in [1.807, 2.05) is 34.7 Å². The van der Waals surface area contributed by atoms with E-state index in [2.05, 4.69) is 12.2 Å². The molecule has 2 nitrogen and oxygen atoms in total. The lowest BCUT2D eigenvalue weighted by Gasteiger charge is -2.36. The van der Waals surface area contributed by atoms with E-state index in [1.165, 1.54) is 19.3 Å². The Morgan fingerprint density at radius 2 is 1.53 bits per heavy atom. The number of hydrogen-bond donors (Lipinski definition) is 1. The molecule has 0 atom stereocenters. The maximum absolute atomic E-state index is 5.35. The molecule has 1 saturated heterocycles. The molecular formula is C13H31NO. The van der Waals surface area contributed by atoms with Crippen LogP contribution < -0.4 is 5.32 Å². The highest BCUT2D eigenvalue weighted by Crippen LogP contribution is 2.32. The van der Waals surface area contributed by atoms with Gasteiger partial charge >= 0.3 is 0 Å². The molecule has 1 N–H and O–H groups in total. The minimum absolute atomic E-state index is 0.535. The van der Waals surface area contributed by atoms with Crippen LogP contribution in [-0.4, -0.2) is 26.8 Å². The van der Waals surface area contributed by atoms with Crippen molar-refractivity contribution in [1.29, 1.82) is 0 Å². The second kappa shape index (κ2) is 12.0. The van der Waals surface area contributed by atoms with Gasteiger partial charge < -0.3 is 10.1 Å². The van der Waals surface area contributed by atoms with Crippen LogP contribution in [0.25, 0.3) is 0 Å². The van der Waals surface area contributed by atoms with Gasteiger partial charge in [0.1, 0.15) is 0 Å². The van der Waals surface area contributed by atoms with Crippen molar-refractivity contribution in [3.8, 4) is 0 Å². The Labute approximate surface area is 96.8 Å². The molecule has 15 heavy (non-hydrogen) atoms. The zero-order valence-corrected chi connectivity index (χ0v) is 11.7. The van der Waals surface area contributed by atoms with Crippen LogP contribution >= 0.6 is 0 Å². The first-order chi connectivity index (χ1) is 7.33. The third-order valence-corrected chi connectivity index (χ3v) is 2.86. The summed E-state index contributed by atoms with van der Waals surface area (Å²) < 4.78 is 5.35. The molecule has 1 aliphatic rings. The third kappa shape index (κ3) is 6.91. The number of ether oxygens (including phenoxy) is 1. The van der Waals surface area contributed by atoms with Crippen LogP contribution in [0.15, 0.2) is 0 Å².